The van der Waals surface area contributed by atoms with Crippen molar-refractivity contribution in [2.24, 2.45) is 0 Å². The van der Waals surface area contributed by atoms with Crippen molar-refractivity contribution in [1.29, 1.82) is 0 Å². The molecule has 6 nitrogen and oxygen atoms in total. The normalized spacial score (nSPS) is 13.2. The molecule has 0 aliphatic carbocycles. The zero-order chi connectivity index (χ0) is 42.3. The highest BCUT2D eigenvalue weighted by molar-refractivity contribution is 5.71. The third kappa shape index (κ3) is 42.9. The first kappa shape index (κ1) is 53.8. The van der Waals surface area contributed by atoms with Crippen LogP contribution in [0.2, 0.25) is 0 Å². The van der Waals surface area contributed by atoms with Crippen LogP contribution >= 0.6 is 0 Å². The first-order valence-corrected chi connectivity index (χ1v) is 22.5. The summed E-state index contributed by atoms with van der Waals surface area (Å²) in [6.45, 7) is 6.14. The molecule has 6 heteroatoms. The first-order valence-electron chi connectivity index (χ1n) is 22.5. The highest BCUT2D eigenvalue weighted by Crippen LogP contribution is 2.10. The molecule has 0 N–H and O–H groups in total. The van der Waals surface area contributed by atoms with E-state index in [0.29, 0.717) is 19.3 Å². The fraction of sp³-hybridized carbons (Fsp3) is 0.558. The Morgan fingerprint density at radius 2 is 0.621 bits per heavy atom. The molecule has 58 heavy (non-hydrogen) atoms. The molecule has 0 aromatic carbocycles. The summed E-state index contributed by atoms with van der Waals surface area (Å²) in [5.74, 6) is -1.05. The summed E-state index contributed by atoms with van der Waals surface area (Å²) >= 11 is 0. The molecule has 0 radical (unpaired) electrons. The summed E-state index contributed by atoms with van der Waals surface area (Å²) in [6.07, 6.45) is 62.0. The summed E-state index contributed by atoms with van der Waals surface area (Å²) in [7, 11) is 0. The molecule has 324 valence electrons. The lowest BCUT2D eigenvalue weighted by Gasteiger charge is -2.18. The van der Waals surface area contributed by atoms with Crippen LogP contribution in [0.3, 0.4) is 0 Å². The third-order valence-electron chi connectivity index (χ3n) is 8.69. The zero-order valence-corrected chi connectivity index (χ0v) is 36.8. The molecule has 0 heterocycles. The monoisotopic (exact) mass is 801 g/mol. The Kier molecular flexibility index (Phi) is 42.2. The molecule has 1 unspecified atom stereocenters. The number of allylic oxidation sites excluding steroid dienone is 20. The van der Waals surface area contributed by atoms with E-state index >= 15 is 0 Å². The van der Waals surface area contributed by atoms with Crippen molar-refractivity contribution in [3.05, 3.63) is 122 Å². The molecule has 0 aliphatic rings. The molecular formula is C52H80O6. The fourth-order valence-electron chi connectivity index (χ4n) is 5.40. The zero-order valence-electron chi connectivity index (χ0n) is 36.8. The molecule has 0 aromatic heterocycles. The number of hydrogen-bond acceptors (Lipinski definition) is 6. The van der Waals surface area contributed by atoms with Gasteiger partial charge in [-0.1, -0.05) is 149 Å². The molecule has 0 aromatic rings. The second kappa shape index (κ2) is 45.5. The lowest BCUT2D eigenvalue weighted by molar-refractivity contribution is -0.167. The second-order valence-corrected chi connectivity index (χ2v) is 14.2. The van der Waals surface area contributed by atoms with E-state index in [4.69, 9.17) is 14.2 Å². The Bertz CT molecular complexity index is 1290. The SMILES string of the molecule is CC/C=C\C/C=C\C/C=C\C/C=C\C/C=C\CCCCCC(=O)OCC(COC(=O)CCCC/C=C\C/C=C\CC)OC(=O)CCCC/C=C\C/C=C\C/C=C\CC. The maximum absolute atomic E-state index is 12.7. The lowest BCUT2D eigenvalue weighted by Crippen LogP contribution is -2.30. The van der Waals surface area contributed by atoms with Crippen molar-refractivity contribution in [3.8, 4) is 0 Å². The van der Waals surface area contributed by atoms with E-state index in [1.54, 1.807) is 0 Å². The minimum absolute atomic E-state index is 0.125. The summed E-state index contributed by atoms with van der Waals surface area (Å²) in [5.41, 5.74) is 0. The van der Waals surface area contributed by atoms with Crippen LogP contribution in [0.15, 0.2) is 122 Å². The van der Waals surface area contributed by atoms with Gasteiger partial charge in [0.1, 0.15) is 13.2 Å². The average Bonchev–Trinajstić information content (AvgIpc) is 3.22. The number of rotatable bonds is 38. The molecule has 0 spiro atoms. The van der Waals surface area contributed by atoms with Gasteiger partial charge in [-0.2, -0.15) is 0 Å². The maximum Gasteiger partial charge on any atom is 0.306 e. The number of ether oxygens (including phenoxy) is 3. The molecule has 0 aliphatic heterocycles. The van der Waals surface area contributed by atoms with Gasteiger partial charge in [-0.15, -0.1) is 0 Å². The Morgan fingerprint density at radius 1 is 0.345 bits per heavy atom. The fourth-order valence-corrected chi connectivity index (χ4v) is 5.40. The Hall–Kier alpha value is -4.19. The van der Waals surface area contributed by atoms with Crippen molar-refractivity contribution < 1.29 is 28.6 Å². The minimum atomic E-state index is -0.825. The quantitative estimate of drug-likeness (QED) is 0.0268. The summed E-state index contributed by atoms with van der Waals surface area (Å²) in [5, 5.41) is 0. The van der Waals surface area contributed by atoms with E-state index in [0.717, 1.165) is 122 Å². The van der Waals surface area contributed by atoms with Crippen molar-refractivity contribution >= 4 is 17.9 Å². The van der Waals surface area contributed by atoms with Crippen LogP contribution in [0.4, 0.5) is 0 Å². The van der Waals surface area contributed by atoms with Crippen LogP contribution in [0.5, 0.6) is 0 Å². The molecule has 0 saturated heterocycles. The topological polar surface area (TPSA) is 78.9 Å². The van der Waals surface area contributed by atoms with Crippen molar-refractivity contribution in [1.82, 2.24) is 0 Å². The average molecular weight is 801 g/mol. The third-order valence-corrected chi connectivity index (χ3v) is 8.69. The number of carbonyl (C=O) groups excluding carboxylic acids is 3. The summed E-state index contributed by atoms with van der Waals surface area (Å²) in [4.78, 5) is 37.7. The van der Waals surface area contributed by atoms with Gasteiger partial charge in [0.05, 0.1) is 0 Å². The van der Waals surface area contributed by atoms with Gasteiger partial charge in [0.25, 0.3) is 0 Å². The highest BCUT2D eigenvalue weighted by atomic mass is 16.6. The predicted molar refractivity (Wildman–Crippen MR) is 246 cm³/mol. The number of esters is 3. The summed E-state index contributed by atoms with van der Waals surface area (Å²) < 4.78 is 16.6. The largest absolute Gasteiger partial charge is 0.462 e. The molecule has 0 saturated carbocycles. The molecule has 0 rings (SSSR count). The van der Waals surface area contributed by atoms with E-state index in [2.05, 4.69) is 142 Å². The summed E-state index contributed by atoms with van der Waals surface area (Å²) in [6, 6.07) is 0. The predicted octanol–water partition coefficient (Wildman–Crippen LogP) is 14.6. The maximum atomic E-state index is 12.7. The van der Waals surface area contributed by atoms with E-state index < -0.39 is 6.10 Å². The van der Waals surface area contributed by atoms with Crippen molar-refractivity contribution in [3.63, 3.8) is 0 Å². The Labute approximate surface area is 354 Å². The van der Waals surface area contributed by atoms with Crippen LogP contribution in [0.25, 0.3) is 0 Å². The molecule has 1 atom stereocenters. The Morgan fingerprint density at radius 3 is 0.966 bits per heavy atom. The van der Waals surface area contributed by atoms with Gasteiger partial charge in [0.15, 0.2) is 6.10 Å². The van der Waals surface area contributed by atoms with Gasteiger partial charge >= 0.3 is 17.9 Å². The van der Waals surface area contributed by atoms with Crippen molar-refractivity contribution in [2.75, 3.05) is 13.2 Å². The molecule has 0 fully saturated rings. The van der Waals surface area contributed by atoms with Crippen LogP contribution in [-0.2, 0) is 28.6 Å². The van der Waals surface area contributed by atoms with Gasteiger partial charge in [-0.25, -0.2) is 0 Å². The molecular weight excluding hydrogens is 721 g/mol. The van der Waals surface area contributed by atoms with E-state index in [1.807, 2.05) is 0 Å². The highest BCUT2D eigenvalue weighted by Gasteiger charge is 2.19. The van der Waals surface area contributed by atoms with Gasteiger partial charge < -0.3 is 14.2 Å². The van der Waals surface area contributed by atoms with Gasteiger partial charge in [-0.3, -0.25) is 14.4 Å². The van der Waals surface area contributed by atoms with Gasteiger partial charge in [-0.05, 0) is 122 Å². The second-order valence-electron chi connectivity index (χ2n) is 14.2. The smallest absolute Gasteiger partial charge is 0.306 e. The lowest BCUT2D eigenvalue weighted by atomic mass is 10.1. The van der Waals surface area contributed by atoms with Gasteiger partial charge in [0.2, 0.25) is 0 Å². The number of hydrogen-bond donors (Lipinski definition) is 0. The first-order chi connectivity index (χ1) is 28.5. The van der Waals surface area contributed by atoms with Gasteiger partial charge in [0, 0.05) is 19.3 Å². The number of carbonyl (C=O) groups is 3. The van der Waals surface area contributed by atoms with E-state index in [9.17, 15) is 14.4 Å². The molecule has 0 bridgehead atoms. The van der Waals surface area contributed by atoms with Crippen LogP contribution in [0.1, 0.15) is 168 Å². The van der Waals surface area contributed by atoms with Crippen LogP contribution in [-0.4, -0.2) is 37.2 Å². The number of unbranched alkanes of at least 4 members (excludes halogenated alkanes) is 7. The van der Waals surface area contributed by atoms with Crippen LogP contribution in [0, 0.1) is 0 Å². The standard InChI is InChI=1S/C52H80O6/c1-4-7-10-13-16-19-21-23-24-25-26-27-28-29-31-33-36-39-42-45-51(54)57-48-49(47-56-50(53)44-41-38-35-32-18-15-12-9-6-3)58-52(55)46-43-40-37-34-30-22-20-17-14-11-8-5-2/h7-12,16-20,23-24,26-27,29-32,34,49H,4-6,13-15,21-22,25,28,33,35-48H2,1-3H3/b10-7-,11-8-,12-9-,19-16-,20-17-,24-23-,27-26-,31-29-,32-18-,34-30-. The van der Waals surface area contributed by atoms with E-state index in [1.165, 1.54) is 0 Å². The van der Waals surface area contributed by atoms with E-state index in [-0.39, 0.29) is 37.5 Å². The van der Waals surface area contributed by atoms with Crippen molar-refractivity contribution in [2.45, 2.75) is 175 Å². The molecule has 0 amide bonds. The van der Waals surface area contributed by atoms with Crippen LogP contribution < -0.4 is 0 Å². The minimum Gasteiger partial charge on any atom is -0.462 e. The Balaban J connectivity index is 4.49.